The summed E-state index contributed by atoms with van der Waals surface area (Å²) in [4.78, 5) is 80.7. The lowest BCUT2D eigenvalue weighted by atomic mass is 9.81. The number of aliphatic imine (C=N–C) groups is 2. The van der Waals surface area contributed by atoms with Crippen LogP contribution < -0.4 is 16.0 Å². The first-order valence-electron chi connectivity index (χ1n) is 20.7. The summed E-state index contributed by atoms with van der Waals surface area (Å²) in [5.41, 5.74) is 2.13. The molecule has 312 valence electrons. The highest BCUT2D eigenvalue weighted by Crippen LogP contribution is 2.42. The number of imide groups is 2. The minimum Gasteiger partial charge on any atom is -0.386 e. The summed E-state index contributed by atoms with van der Waals surface area (Å²) in [6.07, 6.45) is 9.47. The number of allylic oxidation sites excluding steroid dienone is 1. The molecule has 5 amide bonds. The Bertz CT molecular complexity index is 2220. The molecule has 1 saturated carbocycles. The average molecular weight is 823 g/mol. The van der Waals surface area contributed by atoms with Crippen molar-refractivity contribution in [3.8, 4) is 0 Å². The van der Waals surface area contributed by atoms with E-state index in [2.05, 4.69) is 37.6 Å². The van der Waals surface area contributed by atoms with Crippen LogP contribution >= 0.6 is 11.3 Å². The van der Waals surface area contributed by atoms with Crippen molar-refractivity contribution >= 4 is 75.0 Å². The number of hydrogen-bond acceptors (Lipinski definition) is 11. The minimum atomic E-state index is -1.21. The maximum atomic E-state index is 13.4. The Balaban J connectivity index is 0.881. The molecule has 4 N–H and O–H groups in total. The van der Waals surface area contributed by atoms with Gasteiger partial charge in [0.25, 0.3) is 17.7 Å². The van der Waals surface area contributed by atoms with Gasteiger partial charge in [0.15, 0.2) is 0 Å². The topological polar surface area (TPSA) is 186 Å². The molecule has 2 saturated heterocycles. The summed E-state index contributed by atoms with van der Waals surface area (Å²) in [6, 6.07) is 8.00. The third kappa shape index (κ3) is 9.22. The van der Waals surface area contributed by atoms with Gasteiger partial charge in [0.2, 0.25) is 11.8 Å². The standard InChI is InChI=1S/C44H54N8O6S/c1-6-31(47-25(2)45-5)39(54)48-33-23-36-34(22-30(33)44(3,4)58)49-41(59-36)28-12-10-27(11-13-28)24-51-20-17-26(18-21-51)16-19-46-32-9-7-8-29-38(32)43(57)52(42(29)56)35-14-15-37(53)50-40(35)55/h6-9,22-23,26-28,35,46,58H,5,10-21,24H2,1-4H3,(H,48,54)(H,50,53,55)/b31-6-,47-25?. The molecule has 0 bridgehead atoms. The SMILES string of the molecule is C=NC(C)=N/C(=C\C)C(=O)Nc1cc2sc(C3CCC(CN4CCC(CCNc5cccc6c5C(=O)N(C5CCC(=O)NC5=O)C6=O)CC4)CC3)nc2cc1C(C)(C)O. The van der Waals surface area contributed by atoms with E-state index in [0.717, 1.165) is 84.7 Å². The Morgan fingerprint density at radius 2 is 1.78 bits per heavy atom. The number of nitrogens with one attached hydrogen (secondary N) is 3. The number of thiazole rings is 1. The predicted molar refractivity (Wildman–Crippen MR) is 230 cm³/mol. The normalized spacial score (nSPS) is 22.5. The molecule has 7 rings (SSSR count). The zero-order valence-electron chi connectivity index (χ0n) is 34.3. The summed E-state index contributed by atoms with van der Waals surface area (Å²) in [6.45, 7) is 14.2. The molecule has 4 heterocycles. The fraction of sp³-hybridized carbons (Fsp3) is 0.500. The lowest BCUT2D eigenvalue weighted by molar-refractivity contribution is -0.136. The minimum absolute atomic E-state index is 0.0877. The van der Waals surface area contributed by atoms with Crippen LogP contribution in [0.1, 0.15) is 123 Å². The summed E-state index contributed by atoms with van der Waals surface area (Å²) < 4.78 is 0.964. The molecule has 0 spiro atoms. The van der Waals surface area contributed by atoms with Crippen LogP contribution in [0, 0.1) is 11.8 Å². The Kier molecular flexibility index (Phi) is 12.5. The maximum absolute atomic E-state index is 13.4. The van der Waals surface area contributed by atoms with Gasteiger partial charge in [-0.3, -0.25) is 34.2 Å². The molecule has 3 aliphatic heterocycles. The molecule has 2 aromatic carbocycles. The van der Waals surface area contributed by atoms with E-state index in [1.165, 1.54) is 0 Å². The van der Waals surface area contributed by atoms with Crippen LogP contribution in [0.3, 0.4) is 0 Å². The molecule has 1 unspecified atom stereocenters. The molecule has 0 radical (unpaired) electrons. The zero-order chi connectivity index (χ0) is 42.0. The van der Waals surface area contributed by atoms with E-state index in [9.17, 15) is 29.1 Å². The van der Waals surface area contributed by atoms with Crippen molar-refractivity contribution in [2.75, 3.05) is 36.8 Å². The van der Waals surface area contributed by atoms with Gasteiger partial charge in [0.1, 0.15) is 17.6 Å². The fourth-order valence-corrected chi connectivity index (χ4v) is 10.1. The average Bonchev–Trinajstić information content (AvgIpc) is 3.74. The summed E-state index contributed by atoms with van der Waals surface area (Å²) in [5, 5.41) is 20.8. The second-order valence-electron chi connectivity index (χ2n) is 16.8. The molecule has 15 heteroatoms. The highest BCUT2D eigenvalue weighted by Gasteiger charge is 2.45. The number of amides is 5. The number of piperidine rings is 2. The monoisotopic (exact) mass is 822 g/mol. The number of benzene rings is 2. The van der Waals surface area contributed by atoms with Crippen LogP contribution in [0.2, 0.25) is 0 Å². The first-order valence-corrected chi connectivity index (χ1v) is 21.5. The summed E-state index contributed by atoms with van der Waals surface area (Å²) in [7, 11) is 0. The van der Waals surface area contributed by atoms with Gasteiger partial charge in [0, 0.05) is 42.4 Å². The predicted octanol–water partition coefficient (Wildman–Crippen LogP) is 6.37. The van der Waals surface area contributed by atoms with Gasteiger partial charge < -0.3 is 20.6 Å². The molecule has 59 heavy (non-hydrogen) atoms. The Morgan fingerprint density at radius 3 is 2.46 bits per heavy atom. The zero-order valence-corrected chi connectivity index (χ0v) is 35.1. The number of rotatable bonds is 12. The molecular weight excluding hydrogens is 769 g/mol. The fourth-order valence-electron chi connectivity index (χ4n) is 8.91. The number of aliphatic hydroxyl groups is 1. The van der Waals surface area contributed by atoms with Crippen LogP contribution in [0.4, 0.5) is 11.4 Å². The molecule has 3 aromatic rings. The molecule has 1 atom stereocenters. The van der Waals surface area contributed by atoms with Gasteiger partial charge in [-0.2, -0.15) is 0 Å². The largest absolute Gasteiger partial charge is 0.386 e. The van der Waals surface area contributed by atoms with E-state index >= 15 is 0 Å². The van der Waals surface area contributed by atoms with Crippen LogP contribution in [-0.4, -0.2) is 94.2 Å². The second kappa shape index (κ2) is 17.6. The molecule has 1 aromatic heterocycles. The number of nitrogens with zero attached hydrogens (tertiary/aromatic N) is 5. The van der Waals surface area contributed by atoms with E-state index in [4.69, 9.17) is 4.98 Å². The lowest BCUT2D eigenvalue weighted by Crippen LogP contribution is -2.54. The van der Waals surface area contributed by atoms with Crippen molar-refractivity contribution in [1.29, 1.82) is 0 Å². The third-order valence-corrected chi connectivity index (χ3v) is 13.4. The van der Waals surface area contributed by atoms with E-state index in [-0.39, 0.29) is 24.1 Å². The van der Waals surface area contributed by atoms with Gasteiger partial charge in [-0.15, -0.1) is 11.3 Å². The molecule has 1 aliphatic carbocycles. The van der Waals surface area contributed by atoms with Crippen LogP contribution in [-0.2, 0) is 20.0 Å². The smallest absolute Gasteiger partial charge is 0.273 e. The highest BCUT2D eigenvalue weighted by atomic mass is 32.1. The van der Waals surface area contributed by atoms with Crippen LogP contribution in [0.5, 0.6) is 0 Å². The number of fused-ring (bicyclic) bond motifs is 2. The maximum Gasteiger partial charge on any atom is 0.273 e. The van der Waals surface area contributed by atoms with E-state index in [1.54, 1.807) is 63.3 Å². The van der Waals surface area contributed by atoms with Crippen molar-refractivity contribution in [2.45, 2.75) is 103 Å². The summed E-state index contributed by atoms with van der Waals surface area (Å²) in [5.74, 6) is -0.418. The van der Waals surface area contributed by atoms with E-state index < -0.39 is 41.2 Å². The van der Waals surface area contributed by atoms with Crippen molar-refractivity contribution in [1.82, 2.24) is 20.1 Å². The van der Waals surface area contributed by atoms with Crippen molar-refractivity contribution in [3.05, 3.63) is 63.8 Å². The van der Waals surface area contributed by atoms with E-state index in [1.807, 2.05) is 12.1 Å². The van der Waals surface area contributed by atoms with Gasteiger partial charge in [-0.25, -0.2) is 15.0 Å². The Hall–Kier alpha value is -5.12. The van der Waals surface area contributed by atoms with Gasteiger partial charge in [0.05, 0.1) is 32.0 Å². The number of carbonyl (C=O) groups excluding carboxylic acids is 5. The molecule has 14 nitrogen and oxygen atoms in total. The summed E-state index contributed by atoms with van der Waals surface area (Å²) >= 11 is 1.66. The Labute approximate surface area is 348 Å². The van der Waals surface area contributed by atoms with Gasteiger partial charge in [-0.1, -0.05) is 12.1 Å². The molecule has 3 fully saturated rings. The number of hydrogen-bond donors (Lipinski definition) is 4. The van der Waals surface area contributed by atoms with E-state index in [0.29, 0.717) is 52.6 Å². The number of amidine groups is 1. The molecule has 4 aliphatic rings. The first-order chi connectivity index (χ1) is 28.2. The van der Waals surface area contributed by atoms with Crippen LogP contribution in [0.25, 0.3) is 10.2 Å². The van der Waals surface area contributed by atoms with Crippen LogP contribution in [0.15, 0.2) is 52.1 Å². The second-order valence-corrected chi connectivity index (χ2v) is 17.8. The number of carbonyl (C=O) groups is 5. The Morgan fingerprint density at radius 1 is 1.03 bits per heavy atom. The lowest BCUT2D eigenvalue weighted by Gasteiger charge is -2.36. The third-order valence-electron chi connectivity index (χ3n) is 12.2. The van der Waals surface area contributed by atoms with Crippen molar-refractivity contribution < 1.29 is 29.1 Å². The van der Waals surface area contributed by atoms with Crippen molar-refractivity contribution in [3.63, 3.8) is 0 Å². The first kappa shape index (κ1) is 42.0. The van der Waals surface area contributed by atoms with Gasteiger partial charge in [-0.05, 0) is 135 Å². The van der Waals surface area contributed by atoms with Crippen molar-refractivity contribution in [2.24, 2.45) is 21.8 Å². The number of likely N-dealkylation sites (tertiary alicyclic amines) is 1. The quantitative estimate of drug-likeness (QED) is 0.0697. The highest BCUT2D eigenvalue weighted by molar-refractivity contribution is 7.18. The molecular formula is C44H54N8O6S. The number of aromatic nitrogens is 1. The van der Waals surface area contributed by atoms with Gasteiger partial charge >= 0.3 is 0 Å². The number of anilines is 2.